The average molecular weight is 369 g/mol. The highest BCUT2D eigenvalue weighted by molar-refractivity contribution is 6.33. The zero-order valence-electron chi connectivity index (χ0n) is 15.0. The minimum atomic E-state index is -0.468. The van der Waals surface area contributed by atoms with Crippen molar-refractivity contribution in [1.29, 1.82) is 0 Å². The minimum absolute atomic E-state index is 0.166. The van der Waals surface area contributed by atoms with E-state index in [-0.39, 0.29) is 23.7 Å². The lowest BCUT2D eigenvalue weighted by Gasteiger charge is -2.37. The lowest BCUT2D eigenvalue weighted by Crippen LogP contribution is -2.49. The molecule has 0 unspecified atom stereocenters. The number of nitrogens with zero attached hydrogens (tertiary/aromatic N) is 4. The second kappa shape index (κ2) is 6.86. The van der Waals surface area contributed by atoms with Crippen LogP contribution in [-0.2, 0) is 11.8 Å². The summed E-state index contributed by atoms with van der Waals surface area (Å²) >= 11 is 6.08. The molecule has 1 atom stereocenters. The molecule has 25 heavy (non-hydrogen) atoms. The van der Waals surface area contributed by atoms with E-state index >= 15 is 0 Å². The van der Waals surface area contributed by atoms with E-state index in [0.29, 0.717) is 37.5 Å². The van der Waals surface area contributed by atoms with Crippen LogP contribution in [-0.4, -0.2) is 62.9 Å². The van der Waals surface area contributed by atoms with Crippen molar-refractivity contribution in [2.45, 2.75) is 51.2 Å². The average Bonchev–Trinajstić information content (AvgIpc) is 3.07. The number of likely N-dealkylation sites (tertiary alicyclic amines) is 1. The Kier molecular flexibility index (Phi) is 4.95. The summed E-state index contributed by atoms with van der Waals surface area (Å²) in [4.78, 5) is 28.4. The van der Waals surface area contributed by atoms with E-state index in [1.54, 1.807) is 18.1 Å². The molecule has 1 spiro atoms. The molecule has 3 rings (SSSR count). The maximum absolute atomic E-state index is 12.6. The monoisotopic (exact) mass is 368 g/mol. The van der Waals surface area contributed by atoms with Crippen molar-refractivity contribution in [3.8, 4) is 0 Å². The molecule has 0 saturated carbocycles. The molecule has 0 aromatic carbocycles. The Balaban J connectivity index is 1.63. The smallest absolute Gasteiger partial charge is 0.410 e. The fourth-order valence-electron chi connectivity index (χ4n) is 3.69. The van der Waals surface area contributed by atoms with Crippen LogP contribution in [0.2, 0.25) is 5.02 Å². The highest BCUT2D eigenvalue weighted by Gasteiger charge is 2.48. The maximum Gasteiger partial charge on any atom is 0.410 e. The van der Waals surface area contributed by atoms with Crippen molar-refractivity contribution >= 4 is 23.6 Å². The van der Waals surface area contributed by atoms with Gasteiger partial charge in [-0.25, -0.2) is 4.79 Å². The summed E-state index contributed by atoms with van der Waals surface area (Å²) in [6.45, 7) is 5.86. The van der Waals surface area contributed by atoms with Crippen LogP contribution in [0.15, 0.2) is 6.20 Å². The van der Waals surface area contributed by atoms with Gasteiger partial charge in [-0.3, -0.25) is 9.48 Å². The number of hydrogen-bond donors (Lipinski definition) is 0. The number of aromatic nitrogens is 2. The number of ether oxygens (including phenoxy) is 1. The topological polar surface area (TPSA) is 67.7 Å². The molecule has 8 heteroatoms. The molecule has 0 N–H and O–H groups in total. The fourth-order valence-corrected chi connectivity index (χ4v) is 3.95. The van der Waals surface area contributed by atoms with E-state index in [4.69, 9.17) is 16.3 Å². The predicted octanol–water partition coefficient (Wildman–Crippen LogP) is 2.69. The van der Waals surface area contributed by atoms with Crippen LogP contribution in [0.25, 0.3) is 0 Å². The number of hydrogen-bond acceptors (Lipinski definition) is 4. The van der Waals surface area contributed by atoms with Crippen molar-refractivity contribution in [1.82, 2.24) is 19.6 Å². The number of carbonyl (C=O) groups excluding carboxylic acids is 2. The van der Waals surface area contributed by atoms with E-state index in [2.05, 4.69) is 18.9 Å². The molecule has 0 radical (unpaired) electrons. The predicted molar refractivity (Wildman–Crippen MR) is 93.6 cm³/mol. The molecular weight excluding hydrogens is 344 g/mol. The first-order chi connectivity index (χ1) is 11.8. The van der Waals surface area contributed by atoms with E-state index < -0.39 is 5.60 Å². The van der Waals surface area contributed by atoms with Gasteiger partial charge in [0.1, 0.15) is 5.60 Å². The lowest BCUT2D eigenvalue weighted by atomic mass is 9.90. The number of carbonyl (C=O) groups is 2. The highest BCUT2D eigenvalue weighted by atomic mass is 35.5. The molecule has 138 valence electrons. The molecule has 2 fully saturated rings. The van der Waals surface area contributed by atoms with Crippen molar-refractivity contribution in [3.05, 3.63) is 16.9 Å². The van der Waals surface area contributed by atoms with Gasteiger partial charge in [-0.1, -0.05) is 24.9 Å². The Hall–Kier alpha value is -1.76. The Morgan fingerprint density at radius 1 is 1.44 bits per heavy atom. The fraction of sp³-hybridized carbons (Fsp3) is 0.706. The van der Waals surface area contributed by atoms with Gasteiger partial charge in [0.05, 0.1) is 11.6 Å². The summed E-state index contributed by atoms with van der Waals surface area (Å²) in [6, 6.07) is 0.184. The van der Waals surface area contributed by atoms with Crippen LogP contribution >= 0.6 is 11.6 Å². The SMILES string of the molecule is CCC[C@H](C)N1CC2(CCN(C(=O)c3nn(C)cc3Cl)CC2)OC1=O. The first-order valence-corrected chi connectivity index (χ1v) is 9.21. The third-order valence-electron chi connectivity index (χ3n) is 5.18. The van der Waals surface area contributed by atoms with E-state index in [9.17, 15) is 9.59 Å². The van der Waals surface area contributed by atoms with Crippen molar-refractivity contribution in [2.75, 3.05) is 19.6 Å². The van der Waals surface area contributed by atoms with Crippen LogP contribution in [0.3, 0.4) is 0 Å². The third-order valence-corrected chi connectivity index (χ3v) is 5.46. The second-order valence-corrected chi connectivity index (χ2v) is 7.52. The standard InChI is InChI=1S/C17H25ClN4O3/c1-4-5-12(2)22-11-17(25-16(22)24)6-8-21(9-7-17)15(23)14-13(18)10-20(3)19-14/h10,12H,4-9,11H2,1-3H3/t12-/m0/s1. The normalized spacial score (nSPS) is 20.9. The number of aryl methyl sites for hydroxylation is 1. The largest absolute Gasteiger partial charge is 0.441 e. The molecule has 2 aliphatic rings. The summed E-state index contributed by atoms with van der Waals surface area (Å²) in [6.07, 6.45) is 4.67. The molecule has 0 aliphatic carbocycles. The van der Waals surface area contributed by atoms with Gasteiger partial charge in [0.15, 0.2) is 5.69 Å². The van der Waals surface area contributed by atoms with Gasteiger partial charge in [0, 0.05) is 45.2 Å². The molecular formula is C17H25ClN4O3. The van der Waals surface area contributed by atoms with Crippen LogP contribution < -0.4 is 0 Å². The number of rotatable bonds is 4. The number of amides is 2. The van der Waals surface area contributed by atoms with E-state index in [0.717, 1.165) is 12.8 Å². The Morgan fingerprint density at radius 3 is 2.68 bits per heavy atom. The van der Waals surface area contributed by atoms with Crippen molar-refractivity contribution in [2.24, 2.45) is 7.05 Å². The van der Waals surface area contributed by atoms with Gasteiger partial charge in [-0.2, -0.15) is 5.10 Å². The molecule has 0 bridgehead atoms. The molecule has 7 nitrogen and oxygen atoms in total. The van der Waals surface area contributed by atoms with Gasteiger partial charge in [0.25, 0.3) is 5.91 Å². The van der Waals surface area contributed by atoms with Crippen LogP contribution in [0.1, 0.15) is 50.0 Å². The summed E-state index contributed by atoms with van der Waals surface area (Å²) in [5.74, 6) is -0.166. The summed E-state index contributed by atoms with van der Waals surface area (Å²) in [7, 11) is 1.73. The van der Waals surface area contributed by atoms with Crippen LogP contribution in [0, 0.1) is 0 Å². The van der Waals surface area contributed by atoms with E-state index in [1.807, 2.05) is 4.90 Å². The van der Waals surface area contributed by atoms with Gasteiger partial charge in [0.2, 0.25) is 0 Å². The molecule has 1 aromatic rings. The van der Waals surface area contributed by atoms with Gasteiger partial charge in [-0.05, 0) is 13.3 Å². The summed E-state index contributed by atoms with van der Waals surface area (Å²) in [5, 5.41) is 4.50. The number of halogens is 1. The number of piperidine rings is 1. The first kappa shape index (κ1) is 18.0. The van der Waals surface area contributed by atoms with Gasteiger partial charge in [-0.15, -0.1) is 0 Å². The van der Waals surface area contributed by atoms with E-state index in [1.165, 1.54) is 4.68 Å². The third kappa shape index (κ3) is 3.47. The quantitative estimate of drug-likeness (QED) is 0.819. The Morgan fingerprint density at radius 2 is 2.12 bits per heavy atom. The first-order valence-electron chi connectivity index (χ1n) is 8.83. The van der Waals surface area contributed by atoms with Crippen molar-refractivity contribution < 1.29 is 14.3 Å². The molecule has 1 aromatic heterocycles. The lowest BCUT2D eigenvalue weighted by molar-refractivity contribution is 0.00288. The summed E-state index contributed by atoms with van der Waals surface area (Å²) < 4.78 is 7.27. The second-order valence-electron chi connectivity index (χ2n) is 7.11. The summed E-state index contributed by atoms with van der Waals surface area (Å²) in [5.41, 5.74) is -0.189. The maximum atomic E-state index is 12.6. The molecule has 2 amide bonds. The van der Waals surface area contributed by atoms with Crippen molar-refractivity contribution in [3.63, 3.8) is 0 Å². The zero-order valence-corrected chi connectivity index (χ0v) is 15.8. The highest BCUT2D eigenvalue weighted by Crippen LogP contribution is 2.35. The van der Waals surface area contributed by atoms with Crippen LogP contribution in [0.5, 0.6) is 0 Å². The van der Waals surface area contributed by atoms with Gasteiger partial charge < -0.3 is 14.5 Å². The zero-order chi connectivity index (χ0) is 18.2. The molecule has 2 saturated heterocycles. The molecule has 3 heterocycles. The Labute approximate surface area is 152 Å². The van der Waals surface area contributed by atoms with Gasteiger partial charge >= 0.3 is 6.09 Å². The minimum Gasteiger partial charge on any atom is -0.441 e. The Bertz CT molecular complexity index is 667. The van der Waals surface area contributed by atoms with Crippen LogP contribution in [0.4, 0.5) is 4.79 Å². The molecule has 2 aliphatic heterocycles.